The molecule has 0 fully saturated rings. The van der Waals surface area contributed by atoms with Gasteiger partial charge in [-0.1, -0.05) is 12.1 Å². The Morgan fingerprint density at radius 2 is 2.00 bits per heavy atom. The maximum Gasteiger partial charge on any atom is 0.142 e. The molecule has 1 aromatic carbocycles. The van der Waals surface area contributed by atoms with Crippen LogP contribution in [0, 0.1) is 0 Å². The number of methoxy groups -OCH3 is 2. The summed E-state index contributed by atoms with van der Waals surface area (Å²) in [6.07, 6.45) is 0. The number of rotatable bonds is 6. The molecule has 0 aliphatic heterocycles. The minimum Gasteiger partial charge on any atom is -0.495 e. The van der Waals surface area contributed by atoms with Gasteiger partial charge in [-0.25, -0.2) is 0 Å². The molecule has 90 valence electrons. The first-order valence-corrected chi connectivity index (χ1v) is 5.27. The number of hydrogen-bond donors (Lipinski definition) is 1. The third-order valence-corrected chi connectivity index (χ3v) is 2.39. The van der Waals surface area contributed by atoms with Gasteiger partial charge in [-0.2, -0.15) is 0 Å². The summed E-state index contributed by atoms with van der Waals surface area (Å²) in [5, 5.41) is 0. The van der Waals surface area contributed by atoms with E-state index in [4.69, 9.17) is 15.2 Å². The molecule has 0 aromatic heterocycles. The highest BCUT2D eigenvalue weighted by atomic mass is 16.5. The van der Waals surface area contributed by atoms with Crippen molar-refractivity contribution in [3.8, 4) is 5.75 Å². The number of para-hydroxylation sites is 2. The Hall–Kier alpha value is -1.26. The fourth-order valence-corrected chi connectivity index (χ4v) is 1.66. The highest BCUT2D eigenvalue weighted by Gasteiger charge is 2.10. The smallest absolute Gasteiger partial charge is 0.142 e. The summed E-state index contributed by atoms with van der Waals surface area (Å²) in [7, 11) is 5.32. The molecule has 1 atom stereocenters. The van der Waals surface area contributed by atoms with Crippen molar-refractivity contribution in [1.29, 1.82) is 0 Å². The first-order chi connectivity index (χ1) is 7.69. The van der Waals surface area contributed by atoms with E-state index in [1.165, 1.54) is 0 Å². The standard InChI is InChI=1S/C12H20N2O2/c1-14(8-10(13)9-15-2)11-6-4-5-7-12(11)16-3/h4-7,10H,8-9,13H2,1-3H3. The van der Waals surface area contributed by atoms with Gasteiger partial charge in [0.15, 0.2) is 0 Å². The average molecular weight is 224 g/mol. The number of likely N-dealkylation sites (N-methyl/N-ethyl adjacent to an activating group) is 1. The van der Waals surface area contributed by atoms with Crippen molar-refractivity contribution in [2.75, 3.05) is 39.3 Å². The molecule has 16 heavy (non-hydrogen) atoms. The first-order valence-electron chi connectivity index (χ1n) is 5.27. The second-order valence-corrected chi connectivity index (χ2v) is 3.77. The van der Waals surface area contributed by atoms with Gasteiger partial charge in [0.2, 0.25) is 0 Å². The van der Waals surface area contributed by atoms with Crippen molar-refractivity contribution in [3.05, 3.63) is 24.3 Å². The van der Waals surface area contributed by atoms with Gasteiger partial charge in [0.1, 0.15) is 5.75 Å². The van der Waals surface area contributed by atoms with Crippen LogP contribution in [-0.4, -0.2) is 40.5 Å². The SMILES string of the molecule is COCC(N)CN(C)c1ccccc1OC. The molecule has 0 radical (unpaired) electrons. The lowest BCUT2D eigenvalue weighted by atomic mass is 10.2. The van der Waals surface area contributed by atoms with Gasteiger partial charge in [-0.05, 0) is 12.1 Å². The fourth-order valence-electron chi connectivity index (χ4n) is 1.66. The zero-order valence-electron chi connectivity index (χ0n) is 10.1. The maximum atomic E-state index is 5.91. The summed E-state index contributed by atoms with van der Waals surface area (Å²) in [6.45, 7) is 1.29. The van der Waals surface area contributed by atoms with Crippen LogP contribution < -0.4 is 15.4 Å². The van der Waals surface area contributed by atoms with E-state index >= 15 is 0 Å². The van der Waals surface area contributed by atoms with Crippen molar-refractivity contribution >= 4 is 5.69 Å². The van der Waals surface area contributed by atoms with Gasteiger partial charge in [0.25, 0.3) is 0 Å². The van der Waals surface area contributed by atoms with Gasteiger partial charge in [-0.15, -0.1) is 0 Å². The topological polar surface area (TPSA) is 47.7 Å². The second-order valence-electron chi connectivity index (χ2n) is 3.77. The molecule has 1 unspecified atom stereocenters. The van der Waals surface area contributed by atoms with Crippen molar-refractivity contribution in [3.63, 3.8) is 0 Å². The Bertz CT molecular complexity index is 318. The summed E-state index contributed by atoms with van der Waals surface area (Å²) in [5.74, 6) is 0.856. The van der Waals surface area contributed by atoms with Crippen molar-refractivity contribution in [2.45, 2.75) is 6.04 Å². The molecule has 0 bridgehead atoms. The van der Waals surface area contributed by atoms with Crippen LogP contribution in [0.25, 0.3) is 0 Å². The Balaban J connectivity index is 2.68. The van der Waals surface area contributed by atoms with Crippen molar-refractivity contribution < 1.29 is 9.47 Å². The molecule has 2 N–H and O–H groups in total. The van der Waals surface area contributed by atoms with Crippen LogP contribution in [-0.2, 0) is 4.74 Å². The van der Waals surface area contributed by atoms with Gasteiger partial charge >= 0.3 is 0 Å². The fraction of sp³-hybridized carbons (Fsp3) is 0.500. The lowest BCUT2D eigenvalue weighted by molar-refractivity contribution is 0.181. The van der Waals surface area contributed by atoms with Gasteiger partial charge < -0.3 is 20.1 Å². The van der Waals surface area contributed by atoms with Crippen LogP contribution in [0.1, 0.15) is 0 Å². The van der Waals surface area contributed by atoms with Gasteiger partial charge in [0, 0.05) is 26.7 Å². The lowest BCUT2D eigenvalue weighted by Gasteiger charge is -2.24. The second kappa shape index (κ2) is 6.35. The van der Waals surface area contributed by atoms with Crippen LogP contribution >= 0.6 is 0 Å². The molecule has 1 aromatic rings. The Morgan fingerprint density at radius 3 is 2.62 bits per heavy atom. The summed E-state index contributed by atoms with van der Waals surface area (Å²) in [5.41, 5.74) is 6.94. The van der Waals surface area contributed by atoms with Crippen LogP contribution in [0.3, 0.4) is 0 Å². The predicted molar refractivity (Wildman–Crippen MR) is 66.1 cm³/mol. The van der Waals surface area contributed by atoms with Crippen LogP contribution in [0.15, 0.2) is 24.3 Å². The van der Waals surface area contributed by atoms with E-state index in [2.05, 4.69) is 4.90 Å². The Kier molecular flexibility index (Phi) is 5.08. The van der Waals surface area contributed by atoms with Gasteiger partial charge in [-0.3, -0.25) is 0 Å². The van der Waals surface area contributed by atoms with E-state index in [1.807, 2.05) is 31.3 Å². The van der Waals surface area contributed by atoms with Crippen LogP contribution in [0.2, 0.25) is 0 Å². The average Bonchev–Trinajstić information content (AvgIpc) is 2.29. The molecule has 0 saturated carbocycles. The van der Waals surface area contributed by atoms with Crippen LogP contribution in [0.4, 0.5) is 5.69 Å². The number of hydrogen-bond acceptors (Lipinski definition) is 4. The number of anilines is 1. The molecule has 4 heteroatoms. The number of benzene rings is 1. The third-order valence-electron chi connectivity index (χ3n) is 2.39. The molecule has 0 amide bonds. The number of nitrogens with zero attached hydrogens (tertiary/aromatic N) is 1. The summed E-state index contributed by atoms with van der Waals surface area (Å²) in [6, 6.07) is 7.88. The molecule has 0 spiro atoms. The number of ether oxygens (including phenoxy) is 2. The third kappa shape index (κ3) is 3.40. The molecule has 0 aliphatic carbocycles. The normalized spacial score (nSPS) is 12.2. The first kappa shape index (κ1) is 12.8. The highest BCUT2D eigenvalue weighted by Crippen LogP contribution is 2.26. The Morgan fingerprint density at radius 1 is 1.31 bits per heavy atom. The molecular formula is C12H20N2O2. The van der Waals surface area contributed by atoms with E-state index < -0.39 is 0 Å². The minimum atomic E-state index is -0.0000813. The van der Waals surface area contributed by atoms with Crippen molar-refractivity contribution in [2.24, 2.45) is 5.73 Å². The monoisotopic (exact) mass is 224 g/mol. The van der Waals surface area contributed by atoms with E-state index in [1.54, 1.807) is 14.2 Å². The predicted octanol–water partition coefficient (Wildman–Crippen LogP) is 1.11. The minimum absolute atomic E-state index is 0.0000813. The molecule has 4 nitrogen and oxygen atoms in total. The lowest BCUT2D eigenvalue weighted by Crippen LogP contribution is -2.38. The summed E-state index contributed by atoms with van der Waals surface area (Å²) in [4.78, 5) is 2.07. The molecule has 1 rings (SSSR count). The molecule has 0 aliphatic rings. The molecular weight excluding hydrogens is 204 g/mol. The van der Waals surface area contributed by atoms with Crippen molar-refractivity contribution in [1.82, 2.24) is 0 Å². The molecule has 0 heterocycles. The summed E-state index contributed by atoms with van der Waals surface area (Å²) >= 11 is 0. The van der Waals surface area contributed by atoms with E-state index in [-0.39, 0.29) is 6.04 Å². The number of nitrogens with two attached hydrogens (primary N) is 1. The molecule has 0 saturated heterocycles. The zero-order chi connectivity index (χ0) is 12.0. The zero-order valence-corrected chi connectivity index (χ0v) is 10.1. The maximum absolute atomic E-state index is 5.91. The van der Waals surface area contributed by atoms with Crippen LogP contribution in [0.5, 0.6) is 5.75 Å². The summed E-state index contributed by atoms with van der Waals surface area (Å²) < 4.78 is 10.3. The quantitative estimate of drug-likeness (QED) is 0.786. The van der Waals surface area contributed by atoms with E-state index in [9.17, 15) is 0 Å². The largest absolute Gasteiger partial charge is 0.495 e. The van der Waals surface area contributed by atoms with E-state index in [0.717, 1.165) is 18.0 Å². The van der Waals surface area contributed by atoms with Gasteiger partial charge in [0.05, 0.1) is 19.4 Å². The van der Waals surface area contributed by atoms with E-state index in [0.29, 0.717) is 6.61 Å². The highest BCUT2D eigenvalue weighted by molar-refractivity contribution is 5.57. The Labute approximate surface area is 96.9 Å².